The highest BCUT2D eigenvalue weighted by Crippen LogP contribution is 2.18. The maximum atomic E-state index is 12.2. The van der Waals surface area contributed by atoms with Crippen LogP contribution in [0.5, 0.6) is 5.75 Å². The van der Waals surface area contributed by atoms with E-state index in [-0.39, 0.29) is 11.3 Å². The van der Waals surface area contributed by atoms with E-state index in [1.165, 1.54) is 25.1 Å². The molecule has 3 rings (SSSR count). The summed E-state index contributed by atoms with van der Waals surface area (Å²) in [6.07, 6.45) is 0. The molecule has 0 bridgehead atoms. The van der Waals surface area contributed by atoms with Crippen LogP contribution in [-0.2, 0) is 6.61 Å². The third-order valence-electron chi connectivity index (χ3n) is 4.31. The van der Waals surface area contributed by atoms with Crippen molar-refractivity contribution in [3.05, 3.63) is 105 Å². The molecule has 0 fully saturated rings. The van der Waals surface area contributed by atoms with Gasteiger partial charge in [-0.05, 0) is 48.9 Å². The zero-order valence-corrected chi connectivity index (χ0v) is 16.1. The lowest BCUT2D eigenvalue weighted by Gasteiger charge is -2.09. The van der Waals surface area contributed by atoms with Crippen LogP contribution in [0.3, 0.4) is 0 Å². The number of ether oxygens (including phenoxy) is 1. The molecule has 2 amide bonds. The van der Waals surface area contributed by atoms with E-state index in [0.29, 0.717) is 17.7 Å². The summed E-state index contributed by atoms with van der Waals surface area (Å²) in [6, 6.07) is 20.1. The van der Waals surface area contributed by atoms with Gasteiger partial charge in [0.15, 0.2) is 0 Å². The number of nitro groups is 1. The summed E-state index contributed by atoms with van der Waals surface area (Å²) in [7, 11) is 0. The molecule has 8 heteroatoms. The molecule has 0 radical (unpaired) electrons. The number of nitro benzene ring substituents is 1. The van der Waals surface area contributed by atoms with E-state index >= 15 is 0 Å². The number of nitrogens with zero attached hydrogens (tertiary/aromatic N) is 1. The first kappa shape index (κ1) is 20.5. The Morgan fingerprint density at radius 1 is 0.900 bits per heavy atom. The second-order valence-corrected chi connectivity index (χ2v) is 6.47. The number of carbonyl (C=O) groups is 2. The van der Waals surface area contributed by atoms with E-state index in [2.05, 4.69) is 10.9 Å². The minimum Gasteiger partial charge on any atom is -0.489 e. The number of hydrogen-bond donors (Lipinski definition) is 2. The van der Waals surface area contributed by atoms with Crippen LogP contribution in [0.4, 0.5) is 5.69 Å². The SMILES string of the molecule is Cc1cc(C(=O)NNC(=O)c2ccc(COc3ccccc3)cc2)ccc1[N+](=O)[O-]. The lowest BCUT2D eigenvalue weighted by Crippen LogP contribution is -2.41. The van der Waals surface area contributed by atoms with Gasteiger partial charge in [0.2, 0.25) is 0 Å². The molecule has 152 valence electrons. The summed E-state index contributed by atoms with van der Waals surface area (Å²) in [5.41, 5.74) is 6.36. The molecule has 0 saturated heterocycles. The van der Waals surface area contributed by atoms with Crippen molar-refractivity contribution in [1.29, 1.82) is 0 Å². The van der Waals surface area contributed by atoms with Crippen molar-refractivity contribution in [3.8, 4) is 5.75 Å². The summed E-state index contributed by atoms with van der Waals surface area (Å²) in [6.45, 7) is 1.90. The Balaban J connectivity index is 1.53. The Hall–Kier alpha value is -4.20. The summed E-state index contributed by atoms with van der Waals surface area (Å²) >= 11 is 0. The predicted octanol–water partition coefficient (Wildman–Crippen LogP) is 3.56. The van der Waals surface area contributed by atoms with Crippen LogP contribution in [0.25, 0.3) is 0 Å². The van der Waals surface area contributed by atoms with Gasteiger partial charge in [0.1, 0.15) is 12.4 Å². The van der Waals surface area contributed by atoms with Gasteiger partial charge in [0.25, 0.3) is 17.5 Å². The Morgan fingerprint density at radius 3 is 2.10 bits per heavy atom. The first-order valence-corrected chi connectivity index (χ1v) is 9.06. The molecule has 0 aliphatic carbocycles. The van der Waals surface area contributed by atoms with Crippen molar-refractivity contribution in [2.24, 2.45) is 0 Å². The quantitative estimate of drug-likeness (QED) is 0.481. The van der Waals surface area contributed by atoms with Crippen molar-refractivity contribution in [2.75, 3.05) is 0 Å². The van der Waals surface area contributed by atoms with Gasteiger partial charge >= 0.3 is 0 Å². The zero-order chi connectivity index (χ0) is 21.5. The number of amides is 2. The standard InChI is InChI=1S/C22H19N3O5/c1-15-13-18(11-12-20(15)25(28)29)22(27)24-23-21(26)17-9-7-16(8-10-17)14-30-19-5-3-2-4-6-19/h2-13H,14H2,1H3,(H,23,26)(H,24,27). The molecule has 0 spiro atoms. The van der Waals surface area contributed by atoms with Crippen molar-refractivity contribution >= 4 is 17.5 Å². The number of benzene rings is 3. The molecule has 3 aromatic carbocycles. The minimum absolute atomic E-state index is 0.0769. The molecule has 2 N–H and O–H groups in total. The normalized spacial score (nSPS) is 10.2. The average molecular weight is 405 g/mol. The Labute approximate surface area is 172 Å². The largest absolute Gasteiger partial charge is 0.489 e. The average Bonchev–Trinajstić information content (AvgIpc) is 2.76. The van der Waals surface area contributed by atoms with Gasteiger partial charge in [-0.25, -0.2) is 0 Å². The van der Waals surface area contributed by atoms with Gasteiger partial charge < -0.3 is 4.74 Å². The Morgan fingerprint density at radius 2 is 1.50 bits per heavy atom. The third kappa shape index (κ3) is 5.20. The number of carbonyl (C=O) groups excluding carboxylic acids is 2. The zero-order valence-electron chi connectivity index (χ0n) is 16.1. The number of aryl methyl sites for hydroxylation is 1. The number of nitrogens with one attached hydrogen (secondary N) is 2. The van der Waals surface area contributed by atoms with Crippen LogP contribution >= 0.6 is 0 Å². The monoisotopic (exact) mass is 405 g/mol. The first-order valence-electron chi connectivity index (χ1n) is 9.06. The Bertz CT molecular complexity index is 1070. The van der Waals surface area contributed by atoms with Gasteiger partial charge in [-0.2, -0.15) is 0 Å². The van der Waals surface area contributed by atoms with Crippen molar-refractivity contribution in [3.63, 3.8) is 0 Å². The van der Waals surface area contributed by atoms with Crippen molar-refractivity contribution < 1.29 is 19.2 Å². The van der Waals surface area contributed by atoms with Crippen LogP contribution in [0.2, 0.25) is 0 Å². The predicted molar refractivity (Wildman–Crippen MR) is 110 cm³/mol. The molecule has 0 aromatic heterocycles. The van der Waals surface area contributed by atoms with Crippen molar-refractivity contribution in [2.45, 2.75) is 13.5 Å². The smallest absolute Gasteiger partial charge is 0.272 e. The number of rotatable bonds is 6. The maximum absolute atomic E-state index is 12.2. The summed E-state index contributed by atoms with van der Waals surface area (Å²) < 4.78 is 5.65. The number of hydrazine groups is 1. The topological polar surface area (TPSA) is 111 Å². The molecule has 0 saturated carbocycles. The second kappa shape index (κ2) is 9.33. The molecule has 0 aliphatic heterocycles. The lowest BCUT2D eigenvalue weighted by atomic mass is 10.1. The minimum atomic E-state index is -0.575. The van der Waals surface area contributed by atoms with Gasteiger partial charge in [-0.3, -0.25) is 30.6 Å². The molecule has 0 aliphatic rings. The van der Waals surface area contributed by atoms with Crippen LogP contribution in [0.1, 0.15) is 31.8 Å². The fraction of sp³-hybridized carbons (Fsp3) is 0.0909. The molecule has 0 unspecified atom stereocenters. The van der Waals surface area contributed by atoms with Crippen LogP contribution < -0.4 is 15.6 Å². The third-order valence-corrected chi connectivity index (χ3v) is 4.31. The molecule has 30 heavy (non-hydrogen) atoms. The molecule has 0 atom stereocenters. The van der Waals surface area contributed by atoms with Crippen LogP contribution in [0.15, 0.2) is 72.8 Å². The number of hydrogen-bond acceptors (Lipinski definition) is 5. The highest BCUT2D eigenvalue weighted by molar-refractivity contribution is 5.99. The van der Waals surface area contributed by atoms with Crippen LogP contribution in [-0.4, -0.2) is 16.7 Å². The fourth-order valence-corrected chi connectivity index (χ4v) is 2.70. The van der Waals surface area contributed by atoms with E-state index in [1.54, 1.807) is 24.3 Å². The first-order chi connectivity index (χ1) is 14.4. The van der Waals surface area contributed by atoms with E-state index in [4.69, 9.17) is 4.74 Å². The van der Waals surface area contributed by atoms with E-state index in [0.717, 1.165) is 11.3 Å². The summed E-state index contributed by atoms with van der Waals surface area (Å²) in [4.78, 5) is 34.7. The molecule has 3 aromatic rings. The highest BCUT2D eigenvalue weighted by atomic mass is 16.6. The summed E-state index contributed by atoms with van der Waals surface area (Å²) in [5, 5.41) is 10.9. The van der Waals surface area contributed by atoms with Gasteiger partial charge in [0.05, 0.1) is 4.92 Å². The van der Waals surface area contributed by atoms with Gasteiger partial charge in [0, 0.05) is 22.8 Å². The summed E-state index contributed by atoms with van der Waals surface area (Å²) in [5.74, 6) is -0.310. The fourth-order valence-electron chi connectivity index (χ4n) is 2.70. The molecule has 8 nitrogen and oxygen atoms in total. The highest BCUT2D eigenvalue weighted by Gasteiger charge is 2.14. The van der Waals surface area contributed by atoms with E-state index in [1.807, 2.05) is 30.3 Å². The molecule has 0 heterocycles. The second-order valence-electron chi connectivity index (χ2n) is 6.47. The van der Waals surface area contributed by atoms with Crippen molar-refractivity contribution in [1.82, 2.24) is 10.9 Å². The van der Waals surface area contributed by atoms with Gasteiger partial charge in [-0.15, -0.1) is 0 Å². The van der Waals surface area contributed by atoms with E-state index in [9.17, 15) is 19.7 Å². The lowest BCUT2D eigenvalue weighted by molar-refractivity contribution is -0.385. The Kier molecular flexibility index (Phi) is 6.39. The van der Waals surface area contributed by atoms with E-state index < -0.39 is 16.7 Å². The van der Waals surface area contributed by atoms with Crippen LogP contribution in [0, 0.1) is 17.0 Å². The number of para-hydroxylation sites is 1. The molecular formula is C22H19N3O5. The maximum Gasteiger partial charge on any atom is 0.272 e. The van der Waals surface area contributed by atoms with Gasteiger partial charge in [-0.1, -0.05) is 30.3 Å². The molecular weight excluding hydrogens is 386 g/mol.